The van der Waals surface area contributed by atoms with E-state index in [9.17, 15) is 0 Å². The van der Waals surface area contributed by atoms with Crippen molar-refractivity contribution >= 4 is 9.28 Å². The SMILES string of the molecule is CCCC1([SiH](OC)OC)CCCCO1. The third-order valence-electron chi connectivity index (χ3n) is 2.91. The minimum atomic E-state index is -1.65. The molecule has 0 spiro atoms. The fourth-order valence-corrected chi connectivity index (χ4v) is 4.59. The number of hydrogen-bond acceptors (Lipinski definition) is 3. The van der Waals surface area contributed by atoms with E-state index in [1.165, 1.54) is 12.8 Å². The molecule has 14 heavy (non-hydrogen) atoms. The zero-order chi connectivity index (χ0) is 10.4. The van der Waals surface area contributed by atoms with E-state index in [4.69, 9.17) is 13.6 Å². The molecule has 0 bridgehead atoms. The van der Waals surface area contributed by atoms with E-state index in [-0.39, 0.29) is 5.22 Å². The molecule has 1 rings (SSSR count). The van der Waals surface area contributed by atoms with Crippen molar-refractivity contribution in [2.75, 3.05) is 20.8 Å². The predicted molar refractivity (Wildman–Crippen MR) is 58.6 cm³/mol. The van der Waals surface area contributed by atoms with E-state index >= 15 is 0 Å². The molecule has 1 unspecified atom stereocenters. The molecule has 0 aromatic carbocycles. The zero-order valence-electron chi connectivity index (χ0n) is 9.54. The summed E-state index contributed by atoms with van der Waals surface area (Å²) in [6, 6.07) is 0. The number of ether oxygens (including phenoxy) is 1. The molecule has 1 atom stereocenters. The van der Waals surface area contributed by atoms with Crippen molar-refractivity contribution in [2.45, 2.75) is 44.3 Å². The largest absolute Gasteiger partial charge is 0.398 e. The van der Waals surface area contributed by atoms with Crippen LogP contribution in [0.25, 0.3) is 0 Å². The van der Waals surface area contributed by atoms with E-state index in [0.29, 0.717) is 0 Å². The van der Waals surface area contributed by atoms with E-state index in [0.717, 1.165) is 25.9 Å². The molecular weight excluding hydrogens is 196 g/mol. The van der Waals surface area contributed by atoms with Gasteiger partial charge in [-0.15, -0.1) is 0 Å². The van der Waals surface area contributed by atoms with Crippen molar-refractivity contribution in [2.24, 2.45) is 0 Å². The Hall–Kier alpha value is 0.0969. The van der Waals surface area contributed by atoms with E-state index < -0.39 is 9.28 Å². The van der Waals surface area contributed by atoms with Crippen molar-refractivity contribution < 1.29 is 13.6 Å². The minimum absolute atomic E-state index is 0.0590. The molecule has 3 nitrogen and oxygen atoms in total. The second-order valence-corrected chi connectivity index (χ2v) is 6.58. The van der Waals surface area contributed by atoms with Gasteiger partial charge in [-0.05, 0) is 25.7 Å². The van der Waals surface area contributed by atoms with Crippen LogP contribution in [-0.2, 0) is 13.6 Å². The van der Waals surface area contributed by atoms with Crippen molar-refractivity contribution in [3.05, 3.63) is 0 Å². The van der Waals surface area contributed by atoms with Crippen molar-refractivity contribution in [1.82, 2.24) is 0 Å². The van der Waals surface area contributed by atoms with E-state index in [1.807, 2.05) is 0 Å². The molecule has 0 radical (unpaired) electrons. The lowest BCUT2D eigenvalue weighted by Gasteiger charge is -2.40. The molecular formula is C10H22O3Si. The lowest BCUT2D eigenvalue weighted by atomic mass is 10.0. The molecule has 0 aromatic heterocycles. The molecule has 0 N–H and O–H groups in total. The van der Waals surface area contributed by atoms with Crippen LogP contribution in [0, 0.1) is 0 Å². The molecule has 0 amide bonds. The standard InChI is InChI=1S/C10H22O3Si/c1-4-7-10(14(11-2)12-3)8-5-6-9-13-10/h14H,4-9H2,1-3H3. The summed E-state index contributed by atoms with van der Waals surface area (Å²) in [6.45, 7) is 3.06. The van der Waals surface area contributed by atoms with Gasteiger partial charge >= 0.3 is 9.28 Å². The Labute approximate surface area is 88.6 Å². The molecule has 1 saturated heterocycles. The van der Waals surface area contributed by atoms with Crippen molar-refractivity contribution in [3.63, 3.8) is 0 Å². The Bertz CT molecular complexity index is 148. The van der Waals surface area contributed by atoms with Crippen LogP contribution >= 0.6 is 0 Å². The van der Waals surface area contributed by atoms with Gasteiger partial charge in [0.1, 0.15) is 5.22 Å². The highest BCUT2D eigenvalue weighted by Crippen LogP contribution is 2.32. The highest BCUT2D eigenvalue weighted by atomic mass is 28.3. The Kier molecular flexibility index (Phi) is 5.09. The highest BCUT2D eigenvalue weighted by Gasteiger charge is 2.43. The molecule has 1 fully saturated rings. The average molecular weight is 218 g/mol. The summed E-state index contributed by atoms with van der Waals surface area (Å²) < 4.78 is 16.9. The number of rotatable bonds is 5. The lowest BCUT2D eigenvalue weighted by Crippen LogP contribution is -2.52. The molecule has 4 heteroatoms. The van der Waals surface area contributed by atoms with Gasteiger partial charge in [-0.3, -0.25) is 0 Å². The molecule has 84 valence electrons. The van der Waals surface area contributed by atoms with Gasteiger partial charge in [0.25, 0.3) is 0 Å². The summed E-state index contributed by atoms with van der Waals surface area (Å²) in [5.74, 6) is 0. The van der Waals surface area contributed by atoms with Crippen LogP contribution in [0.1, 0.15) is 39.0 Å². The van der Waals surface area contributed by atoms with Crippen molar-refractivity contribution in [3.8, 4) is 0 Å². The van der Waals surface area contributed by atoms with E-state index in [2.05, 4.69) is 6.92 Å². The summed E-state index contributed by atoms with van der Waals surface area (Å²) in [4.78, 5) is 0. The van der Waals surface area contributed by atoms with Crippen LogP contribution in [0.5, 0.6) is 0 Å². The van der Waals surface area contributed by atoms with Gasteiger partial charge in [-0.1, -0.05) is 13.3 Å². The molecule has 0 aliphatic carbocycles. The summed E-state index contributed by atoms with van der Waals surface area (Å²) >= 11 is 0. The molecule has 0 aromatic rings. The summed E-state index contributed by atoms with van der Waals surface area (Å²) in [5, 5.41) is -0.0590. The molecule has 1 heterocycles. The first-order chi connectivity index (χ1) is 6.79. The first-order valence-corrected chi connectivity index (χ1v) is 7.00. The Morgan fingerprint density at radius 2 is 2.00 bits per heavy atom. The summed E-state index contributed by atoms with van der Waals surface area (Å²) in [6.07, 6.45) is 5.75. The fourth-order valence-electron chi connectivity index (χ4n) is 2.32. The number of hydrogen-bond donors (Lipinski definition) is 0. The first-order valence-electron chi connectivity index (χ1n) is 5.48. The van der Waals surface area contributed by atoms with Crippen LogP contribution in [0.4, 0.5) is 0 Å². The summed E-state index contributed by atoms with van der Waals surface area (Å²) in [7, 11) is 1.84. The van der Waals surface area contributed by atoms with Crippen LogP contribution in [0.15, 0.2) is 0 Å². The second kappa shape index (κ2) is 5.85. The zero-order valence-corrected chi connectivity index (χ0v) is 10.7. The van der Waals surface area contributed by atoms with Crippen molar-refractivity contribution in [1.29, 1.82) is 0 Å². The lowest BCUT2D eigenvalue weighted by molar-refractivity contribution is -0.0520. The third-order valence-corrected chi connectivity index (χ3v) is 5.37. The average Bonchev–Trinajstić information content (AvgIpc) is 2.21. The minimum Gasteiger partial charge on any atom is -0.398 e. The van der Waals surface area contributed by atoms with Gasteiger partial charge < -0.3 is 13.6 Å². The van der Waals surface area contributed by atoms with Gasteiger partial charge in [0, 0.05) is 20.8 Å². The van der Waals surface area contributed by atoms with Gasteiger partial charge in [0.05, 0.1) is 0 Å². The predicted octanol–water partition coefficient (Wildman–Crippen LogP) is 1.78. The normalized spacial score (nSPS) is 28.3. The Morgan fingerprint density at radius 3 is 2.43 bits per heavy atom. The topological polar surface area (TPSA) is 27.7 Å². The van der Waals surface area contributed by atoms with Crippen LogP contribution < -0.4 is 0 Å². The quantitative estimate of drug-likeness (QED) is 0.658. The maximum atomic E-state index is 5.96. The second-order valence-electron chi connectivity index (χ2n) is 3.92. The van der Waals surface area contributed by atoms with Gasteiger partial charge in [0.2, 0.25) is 0 Å². The molecule has 1 aliphatic rings. The first kappa shape index (κ1) is 12.2. The van der Waals surface area contributed by atoms with Gasteiger partial charge in [-0.25, -0.2) is 0 Å². The highest BCUT2D eigenvalue weighted by molar-refractivity contribution is 6.48. The molecule has 0 saturated carbocycles. The molecule has 1 aliphatic heterocycles. The van der Waals surface area contributed by atoms with Gasteiger partial charge in [0.15, 0.2) is 0 Å². The van der Waals surface area contributed by atoms with Crippen LogP contribution in [-0.4, -0.2) is 35.3 Å². The van der Waals surface area contributed by atoms with Gasteiger partial charge in [-0.2, -0.15) is 0 Å². The Balaban J connectivity index is 2.67. The van der Waals surface area contributed by atoms with Crippen LogP contribution in [0.2, 0.25) is 0 Å². The maximum Gasteiger partial charge on any atom is 0.354 e. The smallest absolute Gasteiger partial charge is 0.354 e. The fraction of sp³-hybridized carbons (Fsp3) is 1.00. The Morgan fingerprint density at radius 1 is 1.29 bits per heavy atom. The van der Waals surface area contributed by atoms with E-state index in [1.54, 1.807) is 14.2 Å². The third kappa shape index (κ3) is 2.57. The van der Waals surface area contributed by atoms with Crippen LogP contribution in [0.3, 0.4) is 0 Å². The maximum absolute atomic E-state index is 5.96. The monoisotopic (exact) mass is 218 g/mol. The summed E-state index contributed by atoms with van der Waals surface area (Å²) in [5.41, 5.74) is 0.